The molecular weight excluding hydrogens is 574 g/mol. The van der Waals surface area contributed by atoms with Crippen molar-refractivity contribution in [3.63, 3.8) is 0 Å². The molecule has 2 aromatic heterocycles. The summed E-state index contributed by atoms with van der Waals surface area (Å²) in [6.07, 6.45) is 3.11. The first-order valence-corrected chi connectivity index (χ1v) is 16.3. The third kappa shape index (κ3) is 12.7. The zero-order valence-electron chi connectivity index (χ0n) is 19.8. The van der Waals surface area contributed by atoms with E-state index in [0.717, 1.165) is 55.5 Å². The smallest absolute Gasteiger partial charge is 0.267 e. The van der Waals surface area contributed by atoms with Gasteiger partial charge in [0.25, 0.3) is 30.3 Å². The van der Waals surface area contributed by atoms with Crippen LogP contribution >= 0.6 is 11.3 Å². The minimum absolute atomic E-state index is 0.152. The minimum Gasteiger partial charge on any atom is -0.492 e. The van der Waals surface area contributed by atoms with Crippen molar-refractivity contribution in [1.82, 2.24) is 19.5 Å². The summed E-state index contributed by atoms with van der Waals surface area (Å²) in [4.78, 5) is 7.20. The van der Waals surface area contributed by atoms with E-state index in [1.54, 1.807) is 6.20 Å². The Bertz CT molecular complexity index is 1400. The van der Waals surface area contributed by atoms with Gasteiger partial charge in [0.1, 0.15) is 12.4 Å². The van der Waals surface area contributed by atoms with Crippen LogP contribution in [0.1, 0.15) is 0 Å². The second-order valence-electron chi connectivity index (χ2n) is 7.56. The molecule has 0 bridgehead atoms. The Kier molecular flexibility index (Phi) is 10.9. The molecule has 0 amide bonds. The van der Waals surface area contributed by atoms with Crippen molar-refractivity contribution in [1.29, 1.82) is 0 Å². The van der Waals surface area contributed by atoms with Crippen LogP contribution in [0.15, 0.2) is 34.8 Å². The van der Waals surface area contributed by atoms with Gasteiger partial charge in [-0.3, -0.25) is 14.0 Å². The van der Waals surface area contributed by atoms with Crippen LogP contribution in [0.3, 0.4) is 0 Å². The summed E-state index contributed by atoms with van der Waals surface area (Å²) in [5, 5.41) is 9.04. The summed E-state index contributed by atoms with van der Waals surface area (Å²) in [5.74, 6) is 0.794. The van der Waals surface area contributed by atoms with Gasteiger partial charge >= 0.3 is 0 Å². The van der Waals surface area contributed by atoms with E-state index in [4.69, 9.17) is 23.7 Å². The Morgan fingerprint density at radius 3 is 2.05 bits per heavy atom. The fraction of sp³-hybridized carbons (Fsp3) is 0.444. The number of fused-ring (bicyclic) bond motifs is 1. The van der Waals surface area contributed by atoms with Gasteiger partial charge in [-0.1, -0.05) is 11.3 Å². The maximum atomic E-state index is 11.3. The summed E-state index contributed by atoms with van der Waals surface area (Å²) >= 11 is 0.937. The van der Waals surface area contributed by atoms with Crippen molar-refractivity contribution in [3.8, 4) is 17.0 Å². The van der Waals surface area contributed by atoms with E-state index in [2.05, 4.69) is 15.0 Å². The number of ether oxygens (including phenoxy) is 2. The molecule has 3 aromatic rings. The van der Waals surface area contributed by atoms with Gasteiger partial charge in [0.15, 0.2) is 0 Å². The van der Waals surface area contributed by atoms with Gasteiger partial charge in [-0.25, -0.2) is 23.1 Å². The molecule has 3 heterocycles. The first-order valence-electron chi connectivity index (χ1n) is 10.3. The third-order valence-corrected chi connectivity index (χ3v) is 6.43. The van der Waals surface area contributed by atoms with Gasteiger partial charge in [0.2, 0.25) is 9.30 Å². The maximum Gasteiger partial charge on any atom is 0.267 e. The molecule has 0 aliphatic carbocycles. The number of sulfonamides is 1. The molecule has 4 rings (SSSR count). The Balaban J connectivity index is 0.000000412. The van der Waals surface area contributed by atoms with Gasteiger partial charge in [-0.05, 0) is 24.3 Å². The molecule has 1 fully saturated rings. The van der Waals surface area contributed by atoms with Gasteiger partial charge in [-0.15, -0.1) is 5.10 Å². The average molecular weight is 602 g/mol. The third-order valence-electron chi connectivity index (χ3n) is 4.20. The van der Waals surface area contributed by atoms with Crippen LogP contribution in [0.4, 0.5) is 0 Å². The van der Waals surface area contributed by atoms with Crippen LogP contribution < -0.4 is 9.88 Å². The Morgan fingerprint density at radius 2 is 1.57 bits per heavy atom. The number of nitrogens with two attached hydrogens (primary N) is 1. The van der Waals surface area contributed by atoms with E-state index >= 15 is 0 Å². The number of imidazole rings is 1. The van der Waals surface area contributed by atoms with E-state index in [1.165, 1.54) is 4.52 Å². The number of nitrogens with zero attached hydrogens (tertiary/aromatic N) is 4. The quantitative estimate of drug-likeness (QED) is 0.313. The molecule has 15 nitrogen and oxygen atoms in total. The molecule has 1 saturated heterocycles. The molecule has 208 valence electrons. The second-order valence-corrected chi connectivity index (χ2v) is 13.2. The van der Waals surface area contributed by atoms with E-state index in [9.17, 15) is 25.3 Å². The number of morpholine rings is 1. The summed E-state index contributed by atoms with van der Waals surface area (Å²) < 4.78 is 86.8. The van der Waals surface area contributed by atoms with Crippen molar-refractivity contribution in [2.24, 2.45) is 5.14 Å². The fourth-order valence-corrected chi connectivity index (χ4v) is 4.28. The summed E-state index contributed by atoms with van der Waals surface area (Å²) in [5.41, 5.74) is 1.60. The Labute approximate surface area is 218 Å². The van der Waals surface area contributed by atoms with Crippen LogP contribution in [0, 0.1) is 0 Å². The highest BCUT2D eigenvalue weighted by molar-refractivity contribution is 7.91. The molecule has 0 unspecified atom stereocenters. The van der Waals surface area contributed by atoms with E-state index in [1.807, 2.05) is 24.3 Å². The highest BCUT2D eigenvalue weighted by Crippen LogP contribution is 2.25. The van der Waals surface area contributed by atoms with Crippen molar-refractivity contribution >= 4 is 46.6 Å². The molecule has 0 spiro atoms. The lowest BCUT2D eigenvalue weighted by molar-refractivity contribution is 0.0322. The zero-order chi connectivity index (χ0) is 27.9. The SMILES string of the molecule is CS(=O)(=O)O.CS(=O)(=O)O.NS(=O)(=O)c1nn2cc(-c3ccc(OCCN4CCOCC4)cc3)nc2s1. The van der Waals surface area contributed by atoms with Crippen molar-refractivity contribution in [2.45, 2.75) is 4.34 Å². The standard InChI is InChI=1S/C16H19N5O4S2.2CH4O3S/c17-27(22,23)16-19-21-11-14(18-15(21)26-16)12-1-3-13(4-2-12)25-10-7-20-5-8-24-9-6-20;2*1-5(2,3)4/h1-4,11H,5-10H2,(H2,17,22,23);2*1H3,(H,2,3,4). The number of hydrogen-bond acceptors (Lipinski definition) is 12. The second kappa shape index (κ2) is 13.0. The lowest BCUT2D eigenvalue weighted by Crippen LogP contribution is -2.38. The predicted molar refractivity (Wildman–Crippen MR) is 135 cm³/mol. The van der Waals surface area contributed by atoms with Gasteiger partial charge in [-0.2, -0.15) is 16.8 Å². The highest BCUT2D eigenvalue weighted by atomic mass is 32.2. The monoisotopic (exact) mass is 601 g/mol. The summed E-state index contributed by atoms with van der Waals surface area (Å²) in [6, 6.07) is 7.62. The van der Waals surface area contributed by atoms with Crippen molar-refractivity contribution in [2.75, 3.05) is 52.0 Å². The van der Waals surface area contributed by atoms with Gasteiger partial charge in [0.05, 0.1) is 37.6 Å². The topological polar surface area (TPSA) is 221 Å². The molecule has 0 radical (unpaired) electrons. The highest BCUT2D eigenvalue weighted by Gasteiger charge is 2.17. The Morgan fingerprint density at radius 1 is 1.03 bits per heavy atom. The lowest BCUT2D eigenvalue weighted by atomic mass is 10.2. The molecule has 4 N–H and O–H groups in total. The maximum absolute atomic E-state index is 11.3. The number of rotatable bonds is 6. The number of hydrogen-bond donors (Lipinski definition) is 3. The molecule has 0 atom stereocenters. The predicted octanol–water partition coefficient (Wildman–Crippen LogP) is -0.176. The molecule has 0 saturated carbocycles. The van der Waals surface area contributed by atoms with Crippen LogP contribution in [0.2, 0.25) is 0 Å². The lowest BCUT2D eigenvalue weighted by Gasteiger charge is -2.26. The number of primary sulfonamides is 1. The van der Waals surface area contributed by atoms with Crippen molar-refractivity contribution < 1.29 is 43.8 Å². The van der Waals surface area contributed by atoms with E-state index < -0.39 is 30.3 Å². The number of aromatic nitrogens is 3. The zero-order valence-corrected chi connectivity index (χ0v) is 23.1. The minimum atomic E-state index is -3.82. The number of benzene rings is 1. The van der Waals surface area contributed by atoms with Gasteiger partial charge in [0, 0.05) is 25.2 Å². The molecule has 37 heavy (non-hydrogen) atoms. The molecule has 19 heteroatoms. The molecule has 1 aromatic carbocycles. The van der Waals surface area contributed by atoms with Crippen LogP contribution in [0.25, 0.3) is 16.2 Å². The largest absolute Gasteiger partial charge is 0.492 e. The fourth-order valence-electron chi connectivity index (χ4n) is 2.78. The van der Waals surface area contributed by atoms with Crippen molar-refractivity contribution in [3.05, 3.63) is 30.5 Å². The van der Waals surface area contributed by atoms with Crippen LogP contribution in [-0.4, -0.2) is 106 Å². The molecule has 1 aliphatic rings. The van der Waals surface area contributed by atoms with Gasteiger partial charge < -0.3 is 9.47 Å². The van der Waals surface area contributed by atoms with Crippen LogP contribution in [-0.2, 0) is 35.0 Å². The normalized spacial score (nSPS) is 14.8. The Hall–Kier alpha value is -2.23. The summed E-state index contributed by atoms with van der Waals surface area (Å²) in [6.45, 7) is 4.96. The molecule has 1 aliphatic heterocycles. The summed E-state index contributed by atoms with van der Waals surface area (Å²) in [7, 11) is -11.1. The average Bonchev–Trinajstić information content (AvgIpc) is 3.32. The first kappa shape index (κ1) is 31.0. The van der Waals surface area contributed by atoms with E-state index in [-0.39, 0.29) is 4.34 Å². The van der Waals surface area contributed by atoms with Crippen LogP contribution in [0.5, 0.6) is 5.75 Å². The van der Waals surface area contributed by atoms with E-state index in [0.29, 0.717) is 29.8 Å². The molecular formula is C18H27N5O10S4. The first-order chi connectivity index (χ1) is 17.0.